The quantitative estimate of drug-likeness (QED) is 0.401. The van der Waals surface area contributed by atoms with Gasteiger partial charge in [0, 0.05) is 17.3 Å². The van der Waals surface area contributed by atoms with E-state index < -0.39 is 0 Å². The maximum absolute atomic E-state index is 12.4. The molecule has 0 saturated heterocycles. The molecule has 0 aliphatic heterocycles. The van der Waals surface area contributed by atoms with Crippen molar-refractivity contribution in [1.82, 2.24) is 5.32 Å². The standard InChI is InChI=1S/C21H18BrN3O4S2/c1-28-16-8-5-12(10-14(16)22)19(26)25-21(30)23-13-6-7-15(17(11-13)29-2)24-20(27)18-4-3-9-31-18/h3-11H,1-2H3,(H,24,27)(H2,23,25,26,30). The van der Waals surface area contributed by atoms with Gasteiger partial charge in [-0.25, -0.2) is 0 Å². The molecule has 160 valence electrons. The summed E-state index contributed by atoms with van der Waals surface area (Å²) in [6.07, 6.45) is 0. The third-order valence-corrected chi connectivity index (χ3v) is 5.79. The zero-order valence-electron chi connectivity index (χ0n) is 16.5. The molecule has 0 aliphatic rings. The molecular weight excluding hydrogens is 502 g/mol. The first kappa shape index (κ1) is 22.7. The van der Waals surface area contributed by atoms with Gasteiger partial charge in [0.2, 0.25) is 0 Å². The van der Waals surface area contributed by atoms with Gasteiger partial charge in [-0.05, 0) is 69.9 Å². The summed E-state index contributed by atoms with van der Waals surface area (Å²) in [6.45, 7) is 0. The van der Waals surface area contributed by atoms with Crippen molar-refractivity contribution in [3.05, 3.63) is 68.8 Å². The molecule has 10 heteroatoms. The Hall–Kier alpha value is -2.95. The molecular formula is C21H18BrN3O4S2. The summed E-state index contributed by atoms with van der Waals surface area (Å²) < 4.78 is 11.2. The van der Waals surface area contributed by atoms with Crippen LogP contribution in [0.1, 0.15) is 20.0 Å². The van der Waals surface area contributed by atoms with E-state index in [1.54, 1.807) is 49.6 Å². The number of hydrogen-bond donors (Lipinski definition) is 3. The second-order valence-electron chi connectivity index (χ2n) is 6.10. The van der Waals surface area contributed by atoms with Crippen molar-refractivity contribution in [3.8, 4) is 11.5 Å². The smallest absolute Gasteiger partial charge is 0.265 e. The summed E-state index contributed by atoms with van der Waals surface area (Å²) in [4.78, 5) is 25.3. The Balaban J connectivity index is 1.65. The van der Waals surface area contributed by atoms with Crippen LogP contribution in [0.15, 0.2) is 58.4 Å². The van der Waals surface area contributed by atoms with Crippen LogP contribution in [0.2, 0.25) is 0 Å². The van der Waals surface area contributed by atoms with Crippen molar-refractivity contribution in [3.63, 3.8) is 0 Å². The topological polar surface area (TPSA) is 88.7 Å². The number of ether oxygens (including phenoxy) is 2. The molecule has 0 atom stereocenters. The summed E-state index contributed by atoms with van der Waals surface area (Å²) in [5.41, 5.74) is 1.53. The molecule has 3 rings (SSSR count). The average Bonchev–Trinajstić information content (AvgIpc) is 3.29. The Kier molecular flexibility index (Phi) is 7.61. The van der Waals surface area contributed by atoms with Gasteiger partial charge in [-0.15, -0.1) is 11.3 Å². The Morgan fingerprint density at radius 1 is 0.968 bits per heavy atom. The number of benzene rings is 2. The number of carbonyl (C=O) groups excluding carboxylic acids is 2. The van der Waals surface area contributed by atoms with E-state index in [9.17, 15) is 9.59 Å². The molecule has 0 fully saturated rings. The van der Waals surface area contributed by atoms with E-state index in [0.29, 0.717) is 37.8 Å². The van der Waals surface area contributed by atoms with Gasteiger partial charge in [-0.3, -0.25) is 14.9 Å². The van der Waals surface area contributed by atoms with E-state index in [4.69, 9.17) is 21.7 Å². The summed E-state index contributed by atoms with van der Waals surface area (Å²) in [5, 5.41) is 10.3. The predicted octanol–water partition coefficient (Wildman–Crippen LogP) is 4.91. The van der Waals surface area contributed by atoms with Crippen molar-refractivity contribution < 1.29 is 19.1 Å². The normalized spacial score (nSPS) is 10.2. The van der Waals surface area contributed by atoms with Crippen LogP contribution in [0.4, 0.5) is 11.4 Å². The first-order chi connectivity index (χ1) is 14.9. The van der Waals surface area contributed by atoms with E-state index in [1.807, 2.05) is 11.4 Å². The monoisotopic (exact) mass is 519 g/mol. The van der Waals surface area contributed by atoms with Gasteiger partial charge in [-0.2, -0.15) is 0 Å². The van der Waals surface area contributed by atoms with E-state index in [-0.39, 0.29) is 16.9 Å². The lowest BCUT2D eigenvalue weighted by molar-refractivity contribution is 0.0976. The summed E-state index contributed by atoms with van der Waals surface area (Å²) in [6, 6.07) is 13.6. The Morgan fingerprint density at radius 2 is 1.74 bits per heavy atom. The second-order valence-corrected chi connectivity index (χ2v) is 8.31. The van der Waals surface area contributed by atoms with E-state index in [1.165, 1.54) is 18.4 Å². The molecule has 2 aromatic carbocycles. The molecule has 1 heterocycles. The van der Waals surface area contributed by atoms with Crippen molar-refractivity contribution in [1.29, 1.82) is 0 Å². The zero-order valence-corrected chi connectivity index (χ0v) is 19.7. The molecule has 3 aromatic rings. The molecule has 0 saturated carbocycles. The molecule has 7 nitrogen and oxygen atoms in total. The minimum atomic E-state index is -0.368. The van der Waals surface area contributed by atoms with Gasteiger partial charge in [0.15, 0.2) is 5.11 Å². The fraction of sp³-hybridized carbons (Fsp3) is 0.0952. The minimum Gasteiger partial charge on any atom is -0.496 e. The average molecular weight is 520 g/mol. The number of hydrogen-bond acceptors (Lipinski definition) is 6. The molecule has 3 N–H and O–H groups in total. The van der Waals surface area contributed by atoms with Gasteiger partial charge >= 0.3 is 0 Å². The van der Waals surface area contributed by atoms with Crippen LogP contribution in [0.25, 0.3) is 0 Å². The second kappa shape index (κ2) is 10.4. The third kappa shape index (κ3) is 5.81. The van der Waals surface area contributed by atoms with Crippen LogP contribution < -0.4 is 25.4 Å². The molecule has 0 radical (unpaired) electrons. The highest BCUT2D eigenvalue weighted by Crippen LogP contribution is 2.29. The summed E-state index contributed by atoms with van der Waals surface area (Å²) >= 11 is 9.94. The van der Waals surface area contributed by atoms with Crippen molar-refractivity contribution >= 4 is 67.8 Å². The van der Waals surface area contributed by atoms with Crippen molar-refractivity contribution in [2.75, 3.05) is 24.9 Å². The summed E-state index contributed by atoms with van der Waals surface area (Å²) in [5.74, 6) is 0.480. The maximum atomic E-state index is 12.4. The highest BCUT2D eigenvalue weighted by Gasteiger charge is 2.13. The lowest BCUT2D eigenvalue weighted by Gasteiger charge is -2.14. The van der Waals surface area contributed by atoms with Crippen LogP contribution in [-0.4, -0.2) is 31.1 Å². The number of thiocarbonyl (C=S) groups is 1. The molecule has 2 amide bonds. The fourth-order valence-electron chi connectivity index (χ4n) is 2.61. The van der Waals surface area contributed by atoms with Crippen LogP contribution in [0.5, 0.6) is 11.5 Å². The number of amides is 2. The number of nitrogens with one attached hydrogen (secondary N) is 3. The Labute approximate surface area is 196 Å². The lowest BCUT2D eigenvalue weighted by Crippen LogP contribution is -2.34. The molecule has 0 spiro atoms. The SMILES string of the molecule is COc1ccc(C(=O)NC(=S)Nc2ccc(NC(=O)c3cccs3)c(OC)c2)cc1Br. The van der Waals surface area contributed by atoms with E-state index >= 15 is 0 Å². The van der Waals surface area contributed by atoms with Gasteiger partial charge in [0.05, 0.1) is 29.3 Å². The molecule has 0 aliphatic carbocycles. The first-order valence-corrected chi connectivity index (χ1v) is 11.0. The molecule has 1 aromatic heterocycles. The highest BCUT2D eigenvalue weighted by atomic mass is 79.9. The van der Waals surface area contributed by atoms with Gasteiger partial charge in [0.1, 0.15) is 11.5 Å². The number of anilines is 2. The Bertz CT molecular complexity index is 1120. The third-order valence-electron chi connectivity index (χ3n) is 4.09. The number of rotatable bonds is 6. The minimum absolute atomic E-state index is 0.120. The first-order valence-electron chi connectivity index (χ1n) is 8.90. The lowest BCUT2D eigenvalue weighted by atomic mass is 10.2. The highest BCUT2D eigenvalue weighted by molar-refractivity contribution is 9.10. The number of thiophene rings is 1. The van der Waals surface area contributed by atoms with Gasteiger partial charge in [-0.1, -0.05) is 6.07 Å². The van der Waals surface area contributed by atoms with Crippen LogP contribution in [-0.2, 0) is 0 Å². The van der Waals surface area contributed by atoms with E-state index in [0.717, 1.165) is 0 Å². The molecule has 31 heavy (non-hydrogen) atoms. The summed E-state index contributed by atoms with van der Waals surface area (Å²) in [7, 11) is 3.05. The largest absolute Gasteiger partial charge is 0.496 e. The predicted molar refractivity (Wildman–Crippen MR) is 130 cm³/mol. The van der Waals surface area contributed by atoms with Crippen molar-refractivity contribution in [2.24, 2.45) is 0 Å². The van der Waals surface area contributed by atoms with Crippen LogP contribution >= 0.6 is 39.5 Å². The maximum Gasteiger partial charge on any atom is 0.265 e. The van der Waals surface area contributed by atoms with Crippen molar-refractivity contribution in [2.45, 2.75) is 0 Å². The zero-order chi connectivity index (χ0) is 22.4. The van der Waals surface area contributed by atoms with E-state index in [2.05, 4.69) is 31.9 Å². The van der Waals surface area contributed by atoms with Gasteiger partial charge < -0.3 is 20.1 Å². The van der Waals surface area contributed by atoms with Crippen LogP contribution in [0.3, 0.4) is 0 Å². The number of halogens is 1. The number of methoxy groups -OCH3 is 2. The Morgan fingerprint density at radius 3 is 2.39 bits per heavy atom. The molecule has 0 bridgehead atoms. The van der Waals surface area contributed by atoms with Crippen LogP contribution in [0, 0.1) is 0 Å². The fourth-order valence-corrected chi connectivity index (χ4v) is 3.98. The number of carbonyl (C=O) groups is 2. The van der Waals surface area contributed by atoms with Gasteiger partial charge in [0.25, 0.3) is 11.8 Å². The molecule has 0 unspecified atom stereocenters.